The van der Waals surface area contributed by atoms with E-state index < -0.39 is 5.97 Å². The lowest BCUT2D eigenvalue weighted by molar-refractivity contribution is 0.0469. The molecule has 1 heterocycles. The zero-order valence-corrected chi connectivity index (χ0v) is 16.6. The van der Waals surface area contributed by atoms with Gasteiger partial charge in [0.15, 0.2) is 0 Å². The van der Waals surface area contributed by atoms with Crippen molar-refractivity contribution in [3.05, 3.63) is 95.0 Å². The quantitative estimate of drug-likeness (QED) is 0.444. The van der Waals surface area contributed by atoms with E-state index in [9.17, 15) is 9.59 Å². The van der Waals surface area contributed by atoms with Crippen LogP contribution < -0.4 is 4.90 Å². The van der Waals surface area contributed by atoms with E-state index in [4.69, 9.17) is 4.74 Å². The molecule has 0 N–H and O–H groups in total. The first kappa shape index (κ1) is 18.8. The summed E-state index contributed by atoms with van der Waals surface area (Å²) in [4.78, 5) is 31.7. The maximum Gasteiger partial charge on any atom is 0.339 e. The summed E-state index contributed by atoms with van der Waals surface area (Å²) in [5.41, 5.74) is 2.16. The van der Waals surface area contributed by atoms with Crippen molar-refractivity contribution in [3.8, 4) is 0 Å². The van der Waals surface area contributed by atoms with Gasteiger partial charge in [0.05, 0.1) is 21.3 Å². The fourth-order valence-electron chi connectivity index (χ4n) is 2.98. The fourth-order valence-corrected chi connectivity index (χ4v) is 3.86. The third-order valence-corrected chi connectivity index (χ3v) is 5.50. The minimum Gasteiger partial charge on any atom is -0.455 e. The van der Waals surface area contributed by atoms with Crippen LogP contribution >= 0.6 is 11.3 Å². The van der Waals surface area contributed by atoms with Crippen LogP contribution in [0.25, 0.3) is 10.2 Å². The van der Waals surface area contributed by atoms with Gasteiger partial charge in [-0.25, -0.2) is 9.78 Å². The van der Waals surface area contributed by atoms with Crippen LogP contribution in [0.15, 0.2) is 78.9 Å². The summed E-state index contributed by atoms with van der Waals surface area (Å²) in [6.45, 7) is 0.0647. The highest BCUT2D eigenvalue weighted by Crippen LogP contribution is 2.23. The molecule has 29 heavy (non-hydrogen) atoms. The topological polar surface area (TPSA) is 59.5 Å². The summed E-state index contributed by atoms with van der Waals surface area (Å²) in [5, 5.41) is 0.713. The standard InChI is InChI=1S/C23H18N2O3S/c1-25(16-9-3-2-4-10-16)22(26)17-11-5-6-12-18(17)23(27)28-15-21-24-19-13-7-8-14-20(19)29-21/h2-14H,15H2,1H3. The van der Waals surface area contributed by atoms with Gasteiger partial charge < -0.3 is 9.64 Å². The van der Waals surface area contributed by atoms with E-state index in [2.05, 4.69) is 4.98 Å². The molecule has 0 aliphatic carbocycles. The molecule has 0 spiro atoms. The molecule has 4 rings (SSSR count). The number of hydrogen-bond donors (Lipinski definition) is 0. The minimum atomic E-state index is -0.547. The molecule has 4 aromatic rings. The predicted molar refractivity (Wildman–Crippen MR) is 114 cm³/mol. The molecule has 0 aliphatic rings. The molecule has 1 aromatic heterocycles. The van der Waals surface area contributed by atoms with E-state index in [1.54, 1.807) is 31.3 Å². The largest absolute Gasteiger partial charge is 0.455 e. The number of benzene rings is 3. The lowest BCUT2D eigenvalue weighted by atomic mass is 10.1. The Kier molecular flexibility index (Phi) is 5.35. The zero-order chi connectivity index (χ0) is 20.2. The van der Waals surface area contributed by atoms with Crippen LogP contribution in [-0.2, 0) is 11.3 Å². The van der Waals surface area contributed by atoms with Crippen LogP contribution in [-0.4, -0.2) is 23.9 Å². The summed E-state index contributed by atoms with van der Waals surface area (Å²) in [6, 6.07) is 23.7. The number of carbonyl (C=O) groups excluding carboxylic acids is 2. The maximum absolute atomic E-state index is 13.0. The van der Waals surface area contributed by atoms with Crippen molar-refractivity contribution in [2.24, 2.45) is 0 Å². The summed E-state index contributed by atoms with van der Waals surface area (Å²) in [5.74, 6) is -0.821. The van der Waals surface area contributed by atoms with Crippen LogP contribution in [0.2, 0.25) is 0 Å². The van der Waals surface area contributed by atoms with E-state index >= 15 is 0 Å². The Morgan fingerprint density at radius 1 is 0.897 bits per heavy atom. The van der Waals surface area contributed by atoms with Gasteiger partial charge in [0.2, 0.25) is 0 Å². The average molecular weight is 402 g/mol. The number of anilines is 1. The van der Waals surface area contributed by atoms with Gasteiger partial charge in [-0.1, -0.05) is 42.5 Å². The number of esters is 1. The fraction of sp³-hybridized carbons (Fsp3) is 0.0870. The second-order valence-corrected chi connectivity index (χ2v) is 7.51. The van der Waals surface area contributed by atoms with E-state index in [-0.39, 0.29) is 18.1 Å². The van der Waals surface area contributed by atoms with Crippen LogP contribution in [0.1, 0.15) is 25.7 Å². The molecule has 6 heteroatoms. The zero-order valence-electron chi connectivity index (χ0n) is 15.7. The molecular formula is C23H18N2O3S. The molecule has 3 aromatic carbocycles. The second kappa shape index (κ2) is 8.24. The molecule has 0 radical (unpaired) electrons. The van der Waals surface area contributed by atoms with Crippen LogP contribution in [0.4, 0.5) is 5.69 Å². The van der Waals surface area contributed by atoms with E-state index in [0.717, 1.165) is 15.9 Å². The molecule has 0 unspecified atom stereocenters. The Bertz CT molecular complexity index is 1140. The highest BCUT2D eigenvalue weighted by molar-refractivity contribution is 7.18. The number of fused-ring (bicyclic) bond motifs is 1. The van der Waals surface area contributed by atoms with Crippen molar-refractivity contribution in [2.45, 2.75) is 6.61 Å². The van der Waals surface area contributed by atoms with Gasteiger partial charge in [-0.2, -0.15) is 0 Å². The second-order valence-electron chi connectivity index (χ2n) is 6.40. The molecule has 0 saturated heterocycles. The van der Waals surface area contributed by atoms with Crippen LogP contribution in [0.3, 0.4) is 0 Å². The third kappa shape index (κ3) is 4.02. The smallest absolute Gasteiger partial charge is 0.339 e. The number of aromatic nitrogens is 1. The maximum atomic E-state index is 13.0. The van der Waals surface area contributed by atoms with Crippen molar-refractivity contribution in [2.75, 3.05) is 11.9 Å². The first-order valence-electron chi connectivity index (χ1n) is 9.07. The molecule has 1 amide bonds. The Morgan fingerprint density at radius 3 is 2.31 bits per heavy atom. The number of nitrogens with zero attached hydrogens (tertiary/aromatic N) is 2. The summed E-state index contributed by atoms with van der Waals surface area (Å²) in [7, 11) is 1.68. The number of carbonyl (C=O) groups is 2. The van der Waals surface area contributed by atoms with E-state index in [0.29, 0.717) is 10.6 Å². The number of thiazole rings is 1. The van der Waals surface area contributed by atoms with Gasteiger partial charge in [0, 0.05) is 12.7 Å². The molecule has 0 aliphatic heterocycles. The first-order chi connectivity index (χ1) is 14.1. The monoisotopic (exact) mass is 402 g/mol. The van der Waals surface area contributed by atoms with Gasteiger partial charge in [-0.3, -0.25) is 4.79 Å². The highest BCUT2D eigenvalue weighted by atomic mass is 32.1. The normalized spacial score (nSPS) is 10.7. The molecule has 0 atom stereocenters. The molecule has 0 saturated carbocycles. The highest BCUT2D eigenvalue weighted by Gasteiger charge is 2.21. The van der Waals surface area contributed by atoms with Gasteiger partial charge in [-0.05, 0) is 36.4 Å². The van der Waals surface area contributed by atoms with Crippen LogP contribution in [0, 0.1) is 0 Å². The number of rotatable bonds is 5. The number of amides is 1. The van der Waals surface area contributed by atoms with Crippen molar-refractivity contribution < 1.29 is 14.3 Å². The lowest BCUT2D eigenvalue weighted by Gasteiger charge is -2.18. The predicted octanol–water partition coefficient (Wildman–Crippen LogP) is 4.93. The number of para-hydroxylation sites is 2. The molecule has 0 bridgehead atoms. The summed E-state index contributed by atoms with van der Waals surface area (Å²) >= 11 is 1.48. The van der Waals surface area contributed by atoms with E-state index in [1.165, 1.54) is 16.2 Å². The lowest BCUT2D eigenvalue weighted by Crippen LogP contribution is -2.28. The minimum absolute atomic E-state index is 0.0647. The van der Waals surface area contributed by atoms with Crippen molar-refractivity contribution in [3.63, 3.8) is 0 Å². The van der Waals surface area contributed by atoms with Gasteiger partial charge in [0.1, 0.15) is 11.6 Å². The Balaban J connectivity index is 1.52. The third-order valence-electron chi connectivity index (χ3n) is 4.49. The molecule has 5 nitrogen and oxygen atoms in total. The van der Waals surface area contributed by atoms with E-state index in [1.807, 2.05) is 54.6 Å². The molecule has 0 fully saturated rings. The SMILES string of the molecule is CN(C(=O)c1ccccc1C(=O)OCc1nc2ccccc2s1)c1ccccc1. The van der Waals surface area contributed by atoms with Crippen LogP contribution in [0.5, 0.6) is 0 Å². The first-order valence-corrected chi connectivity index (χ1v) is 9.89. The van der Waals surface area contributed by atoms with Crippen molar-refractivity contribution in [1.82, 2.24) is 4.98 Å². The summed E-state index contributed by atoms with van der Waals surface area (Å²) < 4.78 is 6.50. The number of hydrogen-bond acceptors (Lipinski definition) is 5. The Hall–Kier alpha value is -3.51. The molecular weight excluding hydrogens is 384 g/mol. The summed E-state index contributed by atoms with van der Waals surface area (Å²) in [6.07, 6.45) is 0. The number of ether oxygens (including phenoxy) is 1. The van der Waals surface area contributed by atoms with Crippen molar-refractivity contribution >= 4 is 39.1 Å². The average Bonchev–Trinajstić information content (AvgIpc) is 3.20. The Labute approximate surface area is 172 Å². The van der Waals surface area contributed by atoms with Gasteiger partial charge in [-0.15, -0.1) is 11.3 Å². The molecule has 144 valence electrons. The van der Waals surface area contributed by atoms with Gasteiger partial charge in [0.25, 0.3) is 5.91 Å². The van der Waals surface area contributed by atoms with Gasteiger partial charge >= 0.3 is 5.97 Å². The Morgan fingerprint density at radius 2 is 1.55 bits per heavy atom. The van der Waals surface area contributed by atoms with Crippen molar-refractivity contribution in [1.29, 1.82) is 0 Å².